The molecule has 1 aromatic carbocycles. The number of hydrogen-bond acceptors (Lipinski definition) is 1. The van der Waals surface area contributed by atoms with Gasteiger partial charge in [0.05, 0.1) is 5.92 Å². The van der Waals surface area contributed by atoms with Gasteiger partial charge in [-0.15, -0.1) is 0 Å². The number of alkyl halides is 1. The number of carboxylic acid groups (broad SMARTS) is 1. The van der Waals surface area contributed by atoms with Gasteiger partial charge in [0.1, 0.15) is 5.67 Å². The second-order valence-corrected chi connectivity index (χ2v) is 4.63. The average Bonchev–Trinajstić information content (AvgIpc) is 2.95. The van der Waals surface area contributed by atoms with Gasteiger partial charge in [-0.3, -0.25) is 4.79 Å². The third kappa shape index (κ3) is 2.40. The van der Waals surface area contributed by atoms with E-state index in [1.807, 2.05) is 6.07 Å². The molecule has 3 heteroatoms. The van der Waals surface area contributed by atoms with Gasteiger partial charge in [0.2, 0.25) is 0 Å². The summed E-state index contributed by atoms with van der Waals surface area (Å²) in [6, 6.07) is 7.24. The summed E-state index contributed by atoms with van der Waals surface area (Å²) < 4.78 is 13.6. The third-order valence-electron chi connectivity index (χ3n) is 3.13. The van der Waals surface area contributed by atoms with Crippen LogP contribution in [-0.2, 0) is 11.2 Å². The van der Waals surface area contributed by atoms with Crippen molar-refractivity contribution in [1.29, 1.82) is 0 Å². The summed E-state index contributed by atoms with van der Waals surface area (Å²) in [5.74, 6) is -1.38. The number of carboxylic acids is 1. The highest BCUT2D eigenvalue weighted by molar-refractivity contribution is 5.75. The van der Waals surface area contributed by atoms with Crippen LogP contribution in [0.4, 0.5) is 4.39 Å². The van der Waals surface area contributed by atoms with E-state index in [9.17, 15) is 9.18 Å². The fourth-order valence-corrected chi connectivity index (χ4v) is 1.79. The molecule has 0 radical (unpaired) electrons. The molecule has 0 aromatic heterocycles. The predicted octanol–water partition coefficient (Wildman–Crippen LogP) is 2.92. The maximum Gasteiger partial charge on any atom is 0.310 e. The number of hydrogen-bond donors (Lipinski definition) is 1. The van der Waals surface area contributed by atoms with Gasteiger partial charge < -0.3 is 5.11 Å². The summed E-state index contributed by atoms with van der Waals surface area (Å²) in [5, 5.41) is 8.90. The van der Waals surface area contributed by atoms with E-state index in [-0.39, 0.29) is 0 Å². The Morgan fingerprint density at radius 3 is 2.81 bits per heavy atom. The molecular formula is C13H15FO2. The highest BCUT2D eigenvalue weighted by atomic mass is 19.1. The molecule has 1 aromatic rings. The molecule has 86 valence electrons. The van der Waals surface area contributed by atoms with Crippen molar-refractivity contribution in [2.45, 2.75) is 37.8 Å². The van der Waals surface area contributed by atoms with Crippen LogP contribution in [0.2, 0.25) is 0 Å². The van der Waals surface area contributed by atoms with Crippen molar-refractivity contribution in [3.8, 4) is 0 Å². The number of carbonyl (C=O) groups is 1. The molecule has 2 rings (SSSR count). The molecule has 1 saturated carbocycles. The number of halogens is 1. The minimum absolute atomic E-state index is 0.410. The molecule has 0 heterocycles. The molecule has 16 heavy (non-hydrogen) atoms. The molecule has 0 bridgehead atoms. The average molecular weight is 222 g/mol. The Morgan fingerprint density at radius 1 is 1.56 bits per heavy atom. The lowest BCUT2D eigenvalue weighted by atomic mass is 9.97. The van der Waals surface area contributed by atoms with Gasteiger partial charge in [0.15, 0.2) is 0 Å². The van der Waals surface area contributed by atoms with Crippen LogP contribution >= 0.6 is 0 Å². The molecule has 0 spiro atoms. The minimum atomic E-state index is -1.02. The number of aliphatic carboxylic acids is 1. The van der Waals surface area contributed by atoms with E-state index >= 15 is 0 Å². The van der Waals surface area contributed by atoms with Crippen molar-refractivity contribution < 1.29 is 14.3 Å². The Morgan fingerprint density at radius 2 is 2.25 bits per heavy atom. The van der Waals surface area contributed by atoms with Crippen LogP contribution in [0, 0.1) is 0 Å². The molecule has 2 nitrogen and oxygen atoms in total. The molecule has 1 aliphatic rings. The molecule has 1 unspecified atom stereocenters. The number of rotatable bonds is 4. The summed E-state index contributed by atoms with van der Waals surface area (Å²) in [5.41, 5.74) is 0.616. The lowest BCUT2D eigenvalue weighted by Crippen LogP contribution is -2.09. The SMILES string of the molecule is CC(C(=O)O)c1cccc(CC2(F)CC2)c1. The molecule has 1 fully saturated rings. The third-order valence-corrected chi connectivity index (χ3v) is 3.13. The van der Waals surface area contributed by atoms with Crippen molar-refractivity contribution in [2.75, 3.05) is 0 Å². The second-order valence-electron chi connectivity index (χ2n) is 4.63. The van der Waals surface area contributed by atoms with Crippen molar-refractivity contribution in [3.63, 3.8) is 0 Å². The fraction of sp³-hybridized carbons (Fsp3) is 0.462. The second kappa shape index (κ2) is 3.89. The highest BCUT2D eigenvalue weighted by Crippen LogP contribution is 2.42. The van der Waals surface area contributed by atoms with Crippen LogP contribution in [0.3, 0.4) is 0 Å². The Hall–Kier alpha value is -1.38. The summed E-state index contributed by atoms with van der Waals surface area (Å²) in [6.07, 6.45) is 1.67. The zero-order valence-corrected chi connectivity index (χ0v) is 9.24. The monoisotopic (exact) mass is 222 g/mol. The van der Waals surface area contributed by atoms with Crippen LogP contribution < -0.4 is 0 Å². The smallest absolute Gasteiger partial charge is 0.310 e. The minimum Gasteiger partial charge on any atom is -0.481 e. The van der Waals surface area contributed by atoms with Gasteiger partial charge in [0.25, 0.3) is 0 Å². The first-order valence-electron chi connectivity index (χ1n) is 5.51. The first-order valence-corrected chi connectivity index (χ1v) is 5.51. The molecule has 0 amide bonds. The van der Waals surface area contributed by atoms with Crippen LogP contribution in [0.25, 0.3) is 0 Å². The van der Waals surface area contributed by atoms with Crippen LogP contribution in [0.1, 0.15) is 36.8 Å². The molecule has 1 atom stereocenters. The van der Waals surface area contributed by atoms with Gasteiger partial charge in [-0.1, -0.05) is 24.3 Å². The first kappa shape index (κ1) is 11.1. The summed E-state index contributed by atoms with van der Waals surface area (Å²) in [7, 11) is 0. The van der Waals surface area contributed by atoms with Gasteiger partial charge in [0, 0.05) is 6.42 Å². The largest absolute Gasteiger partial charge is 0.481 e. The van der Waals surface area contributed by atoms with E-state index in [2.05, 4.69) is 0 Å². The van der Waals surface area contributed by atoms with Crippen LogP contribution in [-0.4, -0.2) is 16.7 Å². The normalized spacial score (nSPS) is 19.1. The van der Waals surface area contributed by atoms with Gasteiger partial charge >= 0.3 is 5.97 Å². The molecule has 1 aliphatic carbocycles. The van der Waals surface area contributed by atoms with E-state index < -0.39 is 17.6 Å². The maximum atomic E-state index is 13.6. The van der Waals surface area contributed by atoms with Gasteiger partial charge in [-0.25, -0.2) is 4.39 Å². The van der Waals surface area contributed by atoms with E-state index in [0.717, 1.165) is 11.1 Å². The molecule has 1 N–H and O–H groups in total. The zero-order valence-electron chi connectivity index (χ0n) is 9.24. The molecule has 0 aliphatic heterocycles. The van der Waals surface area contributed by atoms with Gasteiger partial charge in [-0.2, -0.15) is 0 Å². The maximum absolute atomic E-state index is 13.6. The quantitative estimate of drug-likeness (QED) is 0.850. The summed E-state index contributed by atoms with van der Waals surface area (Å²) >= 11 is 0. The van der Waals surface area contributed by atoms with Crippen molar-refractivity contribution >= 4 is 5.97 Å². The van der Waals surface area contributed by atoms with E-state index in [1.54, 1.807) is 25.1 Å². The Balaban J connectivity index is 2.15. The topological polar surface area (TPSA) is 37.3 Å². The van der Waals surface area contributed by atoms with Gasteiger partial charge in [-0.05, 0) is 30.9 Å². The zero-order chi connectivity index (χ0) is 11.8. The van der Waals surface area contributed by atoms with Crippen molar-refractivity contribution in [2.24, 2.45) is 0 Å². The van der Waals surface area contributed by atoms with Crippen LogP contribution in [0.5, 0.6) is 0 Å². The van der Waals surface area contributed by atoms with E-state index in [0.29, 0.717) is 19.3 Å². The standard InChI is InChI=1S/C13H15FO2/c1-9(12(15)16)11-4-2-3-10(7-11)8-13(14)5-6-13/h2-4,7,9H,5-6,8H2,1H3,(H,15,16). The highest BCUT2D eigenvalue weighted by Gasteiger charge is 2.42. The van der Waals surface area contributed by atoms with Crippen molar-refractivity contribution in [1.82, 2.24) is 0 Å². The van der Waals surface area contributed by atoms with E-state index in [4.69, 9.17) is 5.11 Å². The Kier molecular flexibility index (Phi) is 2.70. The molecular weight excluding hydrogens is 207 g/mol. The first-order chi connectivity index (χ1) is 7.50. The van der Waals surface area contributed by atoms with Crippen molar-refractivity contribution in [3.05, 3.63) is 35.4 Å². The fourth-order valence-electron chi connectivity index (χ4n) is 1.79. The Labute approximate surface area is 94.1 Å². The lowest BCUT2D eigenvalue weighted by molar-refractivity contribution is -0.138. The number of benzene rings is 1. The lowest BCUT2D eigenvalue weighted by Gasteiger charge is -2.10. The summed E-state index contributed by atoms with van der Waals surface area (Å²) in [6.45, 7) is 1.64. The van der Waals surface area contributed by atoms with E-state index in [1.165, 1.54) is 0 Å². The van der Waals surface area contributed by atoms with Crippen LogP contribution in [0.15, 0.2) is 24.3 Å². The predicted molar refractivity (Wildman–Crippen MR) is 59.3 cm³/mol. The Bertz CT molecular complexity index is 410. The molecule has 0 saturated heterocycles. The summed E-state index contributed by atoms with van der Waals surface area (Å²) in [4.78, 5) is 10.8.